The first-order chi connectivity index (χ1) is 65.4. The summed E-state index contributed by atoms with van der Waals surface area (Å²) in [7, 11) is 2.13. The molecule has 6 aromatic carbocycles. The maximum absolute atomic E-state index is 14.0. The molecule has 36 nitrogen and oxygen atoms in total. The number of hydrogen-bond donors (Lipinski definition) is 8. The Morgan fingerprint density at radius 2 is 0.776 bits per heavy atom. The Hall–Kier alpha value is -16.9. The number of rotatable bonds is 17. The van der Waals surface area contributed by atoms with Crippen LogP contribution in [0.3, 0.4) is 0 Å². The van der Waals surface area contributed by atoms with Crippen molar-refractivity contribution in [3.05, 3.63) is 313 Å². The van der Waals surface area contributed by atoms with Gasteiger partial charge in [-0.15, -0.1) is 0 Å². The van der Waals surface area contributed by atoms with E-state index < -0.39 is 0 Å². The topological polar surface area (TPSA) is 456 Å². The van der Waals surface area contributed by atoms with Crippen LogP contribution in [0.1, 0.15) is 89.7 Å². The van der Waals surface area contributed by atoms with Gasteiger partial charge in [0.1, 0.15) is 65.4 Å². The third-order valence-corrected chi connectivity index (χ3v) is 25.4. The number of likely N-dealkylation sites (tertiary alicyclic amines) is 2. The number of nitrogens with one attached hydrogen (secondary N) is 5. The number of fused-ring (bicyclic) bond motifs is 8. The summed E-state index contributed by atoms with van der Waals surface area (Å²) < 4.78 is 12.9. The Morgan fingerprint density at radius 3 is 1.18 bits per heavy atom. The number of hydrogen-bond acceptors (Lipinski definition) is 25. The van der Waals surface area contributed by atoms with Crippen molar-refractivity contribution in [3.63, 3.8) is 0 Å². The highest BCUT2D eigenvalue weighted by molar-refractivity contribution is 6.01. The number of anilines is 4. The lowest BCUT2D eigenvalue weighted by atomic mass is 10.0. The number of para-hydroxylation sites is 2. The van der Waals surface area contributed by atoms with Crippen molar-refractivity contribution in [1.29, 1.82) is 0 Å². The number of nitrogens with two attached hydrogens (primary N) is 3. The van der Waals surface area contributed by atoms with Crippen molar-refractivity contribution in [2.24, 2.45) is 0 Å². The van der Waals surface area contributed by atoms with E-state index in [0.29, 0.717) is 111 Å². The van der Waals surface area contributed by atoms with E-state index in [1.54, 1.807) is 57.3 Å². The van der Waals surface area contributed by atoms with E-state index in [1.807, 2.05) is 186 Å². The lowest BCUT2D eigenvalue weighted by Gasteiger charge is -2.33. The Balaban J connectivity index is 0.000000111. The second kappa shape index (κ2) is 36.2. The van der Waals surface area contributed by atoms with Gasteiger partial charge >= 0.3 is 0 Å². The molecule has 0 aliphatic carbocycles. The third-order valence-electron chi connectivity index (χ3n) is 25.4. The first-order valence-corrected chi connectivity index (χ1v) is 44.2. The van der Waals surface area contributed by atoms with E-state index in [4.69, 9.17) is 32.5 Å². The lowest BCUT2D eigenvalue weighted by molar-refractivity contribution is 0.191. The summed E-state index contributed by atoms with van der Waals surface area (Å²) in [4.78, 5) is 102. The van der Waals surface area contributed by atoms with Gasteiger partial charge in [-0.05, 0) is 172 Å². The van der Waals surface area contributed by atoms with Crippen LogP contribution in [-0.4, -0.2) is 178 Å². The van der Waals surface area contributed by atoms with Gasteiger partial charge < -0.3 is 46.4 Å². The Morgan fingerprint density at radius 1 is 0.403 bits per heavy atom. The zero-order valence-corrected chi connectivity index (χ0v) is 74.3. The van der Waals surface area contributed by atoms with Crippen LogP contribution in [-0.2, 0) is 26.2 Å². The second-order valence-electron chi connectivity index (χ2n) is 33.7. The molecule has 11 N–H and O–H groups in total. The van der Waals surface area contributed by atoms with Gasteiger partial charge in [0.2, 0.25) is 0 Å². The summed E-state index contributed by atoms with van der Waals surface area (Å²) >= 11 is 0. The van der Waals surface area contributed by atoms with E-state index in [1.165, 1.54) is 25.3 Å². The van der Waals surface area contributed by atoms with Crippen LogP contribution >= 0.6 is 0 Å². The maximum Gasteiger partial charge on any atom is 0.263 e. The Kier molecular flexibility index (Phi) is 23.0. The monoisotopic (exact) mass is 1780 g/mol. The van der Waals surface area contributed by atoms with E-state index >= 15 is 0 Å². The molecule has 36 heteroatoms. The highest BCUT2D eigenvalue weighted by Gasteiger charge is 2.30. The maximum atomic E-state index is 14.0. The van der Waals surface area contributed by atoms with Crippen LogP contribution < -0.4 is 44.8 Å². The third kappa shape index (κ3) is 16.1. The van der Waals surface area contributed by atoms with Crippen LogP contribution in [0.2, 0.25) is 0 Å². The fourth-order valence-corrected chi connectivity index (χ4v) is 18.8. The molecule has 23 rings (SSSR count). The number of nitrogens with zero attached hydrogens (tertiary/aromatic N) is 24. The van der Waals surface area contributed by atoms with E-state index in [9.17, 15) is 19.2 Å². The largest absolute Gasteiger partial charge is 0.383 e. The molecule has 21 aromatic rings. The van der Waals surface area contributed by atoms with E-state index in [-0.39, 0.29) is 34.3 Å². The summed E-state index contributed by atoms with van der Waals surface area (Å²) in [6.45, 7) is 16.5. The van der Waals surface area contributed by atoms with Gasteiger partial charge in [0.05, 0.1) is 88.8 Å². The SMILES string of the molecule is CCN1CCC(n2c(Cn3nc(-c4cn[nH]c4)c4c(N)ncnc43)cc3cccc(C)c3c2=O)CC1.Cc1cccc2cc(CNc3ncnc4nc[nH]c34)n(-c3ccccc3)c(=O)c12.Cc1cccc2cc(Cn3nc(-c4cn[nH]c4)c4c(N)ncnc43)n(-c3ccccc3)c(=O)c12.Cc1cccc2cc(Cn3nc(-c4cn[nH]c4)c4c(N)ncnc43)n(C3CCN(C)CC3)c(=O)c12. The molecule has 2 saturated heterocycles. The molecule has 2 aliphatic rings. The van der Waals surface area contributed by atoms with Crippen molar-refractivity contribution in [3.8, 4) is 45.1 Å². The first kappa shape index (κ1) is 85.2. The number of aromatic nitrogens is 26. The standard InChI is InChI=1S/C26H29N9O.C25H27N9O.C25H20N8O.C22H18N6O/c1-3-33-9-7-19(8-10-33)35-20(11-17-6-4-5-16(2)21(17)26(35)36)14-34-25-22(24(27)28-15-29-25)23(32-34)18-12-30-31-13-18;1-15-4-3-5-16-10-19(34(25(35)20(15)16)18-6-8-32(2)9-7-18)13-33-24-21(23(26)27-14-28-24)22(31-33)17-11-29-30-12-17;1-15-6-5-7-16-10-19(33(25(34)20(15)16)18-8-3-2-4-9-18)13-32-24-21(23(26)27-14-28-24)22(31-32)17-11-29-30-12-17;1-14-6-5-7-15-10-17(11-23-20-19-21(25-12-24-19)27-13-26-20)28(22(29)18(14)15)16-8-3-2-4-9-16/h4-6,11-13,15,19H,3,7-10,14H2,1-2H3,(H,30,31)(H2,27,28,29);3-5,10-12,14,18H,6-9,13H2,1-2H3,(H,29,30)(H2,26,27,28);2-12,14H,13H2,1H3,(H,29,30)(H2,26,27,28);2-10,12-13H,11H2,1H3,(H2,23,24,25,26,27). The fraction of sp³-hybridized carbons (Fsp3) is 0.214. The van der Waals surface area contributed by atoms with Crippen LogP contribution in [0, 0.1) is 27.7 Å². The Bertz CT molecular complexity index is 8220. The molecule has 670 valence electrons. The molecule has 2 fully saturated rings. The summed E-state index contributed by atoms with van der Waals surface area (Å²) in [5, 5.41) is 47.2. The summed E-state index contributed by atoms with van der Waals surface area (Å²) in [6, 6.07) is 51.7. The molecular formula is C98H94N32O4. The minimum absolute atomic E-state index is 0.0297. The molecular weight excluding hydrogens is 1690 g/mol. The van der Waals surface area contributed by atoms with Crippen molar-refractivity contribution >= 4 is 111 Å². The molecule has 15 aromatic heterocycles. The zero-order chi connectivity index (χ0) is 91.9. The number of piperidine rings is 2. The fourth-order valence-electron chi connectivity index (χ4n) is 18.8. The van der Waals surface area contributed by atoms with Crippen LogP contribution in [0.15, 0.2) is 246 Å². The molecule has 2 aliphatic heterocycles. The number of H-pyrrole nitrogens is 4. The van der Waals surface area contributed by atoms with Crippen molar-refractivity contribution in [2.45, 2.75) is 98.6 Å². The molecule has 17 heterocycles. The van der Waals surface area contributed by atoms with Gasteiger partial charge in [-0.3, -0.25) is 43.6 Å². The van der Waals surface area contributed by atoms with Gasteiger partial charge in [0.25, 0.3) is 22.2 Å². The summed E-state index contributed by atoms with van der Waals surface area (Å²) in [6.07, 6.45) is 21.5. The first-order valence-electron chi connectivity index (χ1n) is 44.2. The Labute approximate surface area is 763 Å². The predicted molar refractivity (Wildman–Crippen MR) is 519 cm³/mol. The lowest BCUT2D eigenvalue weighted by Crippen LogP contribution is -2.38. The average Bonchev–Trinajstić information content (AvgIpc) is 1.74. The number of aromatic amines is 4. The van der Waals surface area contributed by atoms with Gasteiger partial charge in [-0.2, -0.15) is 30.6 Å². The second-order valence-corrected chi connectivity index (χ2v) is 33.7. The van der Waals surface area contributed by atoms with Gasteiger partial charge in [0, 0.05) is 94.6 Å². The van der Waals surface area contributed by atoms with Crippen LogP contribution in [0.25, 0.3) is 133 Å². The van der Waals surface area contributed by atoms with Crippen LogP contribution in [0.5, 0.6) is 0 Å². The zero-order valence-electron chi connectivity index (χ0n) is 74.3. The average molecular weight is 1780 g/mol. The smallest absolute Gasteiger partial charge is 0.263 e. The minimum atomic E-state index is -0.0718. The number of pyridine rings is 4. The highest BCUT2D eigenvalue weighted by Crippen LogP contribution is 2.37. The quantitative estimate of drug-likeness (QED) is 0.0420. The number of nitrogen functional groups attached to an aromatic ring is 3. The highest BCUT2D eigenvalue weighted by atomic mass is 16.1. The molecule has 0 bridgehead atoms. The molecule has 0 saturated carbocycles. The molecule has 0 amide bonds. The minimum Gasteiger partial charge on any atom is -0.383 e. The molecule has 134 heavy (non-hydrogen) atoms. The normalized spacial score (nSPS) is 13.4. The molecule has 0 atom stereocenters. The van der Waals surface area contributed by atoms with Crippen LogP contribution in [0.4, 0.5) is 23.3 Å². The molecule has 0 unspecified atom stereocenters. The number of benzene rings is 6. The van der Waals surface area contributed by atoms with Gasteiger partial charge in [0.15, 0.2) is 28.4 Å². The van der Waals surface area contributed by atoms with E-state index in [2.05, 4.69) is 128 Å². The molecule has 0 radical (unpaired) electrons. The van der Waals surface area contributed by atoms with Gasteiger partial charge in [-0.1, -0.05) is 116 Å². The number of aryl methyl sites for hydroxylation is 4. The summed E-state index contributed by atoms with van der Waals surface area (Å²) in [5.74, 6) is 1.70. The van der Waals surface area contributed by atoms with Crippen molar-refractivity contribution in [1.82, 2.24) is 138 Å². The summed E-state index contributed by atoms with van der Waals surface area (Å²) in [5.41, 5.74) is 35.2. The van der Waals surface area contributed by atoms with Gasteiger partial charge in [-0.25, -0.2) is 58.9 Å². The van der Waals surface area contributed by atoms with Crippen molar-refractivity contribution < 1.29 is 0 Å². The molecule has 0 spiro atoms. The van der Waals surface area contributed by atoms with Crippen molar-refractivity contribution in [2.75, 3.05) is 62.3 Å². The predicted octanol–water partition coefficient (Wildman–Crippen LogP) is 12.9. The van der Waals surface area contributed by atoms with E-state index in [0.717, 1.165) is 175 Å². The number of imidazole rings is 1.